The Morgan fingerprint density at radius 2 is 1.48 bits per heavy atom. The molecule has 10 heteroatoms. The average molecular weight is 662 g/mol. The standard InChI is InChI=1S/C36H40ClN3O5S/c1-26(2)23-38-36(42)34(22-28-8-6-5-7-9-28)39(24-29-12-10-27(3)11-13-29)35(41)25-40(31-16-14-30(37)15-17-31)46(43,44)33-20-18-32(45-4)19-21-33/h5-21,26,34H,22-25H2,1-4H3,(H,38,42). The fraction of sp³-hybridized carbons (Fsp3) is 0.278. The molecule has 0 spiro atoms. The van der Waals surface area contributed by atoms with E-state index in [1.807, 2.05) is 75.4 Å². The van der Waals surface area contributed by atoms with Crippen molar-refractivity contribution in [2.45, 2.75) is 44.7 Å². The number of aryl methyl sites for hydroxylation is 1. The van der Waals surface area contributed by atoms with Crippen molar-refractivity contribution in [1.29, 1.82) is 0 Å². The van der Waals surface area contributed by atoms with Crippen LogP contribution in [-0.4, -0.2) is 51.4 Å². The highest BCUT2D eigenvalue weighted by molar-refractivity contribution is 7.92. The Hall–Kier alpha value is -4.34. The fourth-order valence-electron chi connectivity index (χ4n) is 4.88. The van der Waals surface area contributed by atoms with Crippen LogP contribution in [0.1, 0.15) is 30.5 Å². The summed E-state index contributed by atoms with van der Waals surface area (Å²) in [5, 5.41) is 3.42. The molecule has 0 saturated carbocycles. The van der Waals surface area contributed by atoms with Crippen LogP contribution in [0.4, 0.5) is 5.69 Å². The molecule has 4 aromatic carbocycles. The molecule has 1 atom stereocenters. The van der Waals surface area contributed by atoms with Crippen LogP contribution >= 0.6 is 11.6 Å². The van der Waals surface area contributed by atoms with E-state index in [2.05, 4.69) is 5.32 Å². The van der Waals surface area contributed by atoms with Gasteiger partial charge in [-0.05, 0) is 72.5 Å². The lowest BCUT2D eigenvalue weighted by Gasteiger charge is -2.34. The Balaban J connectivity index is 1.79. The van der Waals surface area contributed by atoms with Gasteiger partial charge in [-0.25, -0.2) is 8.42 Å². The Bertz CT molecular complexity index is 1700. The zero-order valence-corrected chi connectivity index (χ0v) is 28.1. The van der Waals surface area contributed by atoms with E-state index in [4.69, 9.17) is 16.3 Å². The molecule has 8 nitrogen and oxygen atoms in total. The van der Waals surface area contributed by atoms with Gasteiger partial charge in [0.05, 0.1) is 17.7 Å². The number of carbonyl (C=O) groups is 2. The van der Waals surface area contributed by atoms with E-state index in [0.29, 0.717) is 17.3 Å². The molecule has 0 aliphatic heterocycles. The first-order valence-corrected chi connectivity index (χ1v) is 16.9. The second-order valence-electron chi connectivity index (χ2n) is 11.5. The molecule has 4 aromatic rings. The number of amides is 2. The number of carbonyl (C=O) groups excluding carboxylic acids is 2. The molecule has 1 N–H and O–H groups in total. The predicted octanol–water partition coefficient (Wildman–Crippen LogP) is 6.26. The van der Waals surface area contributed by atoms with Gasteiger partial charge >= 0.3 is 0 Å². The summed E-state index contributed by atoms with van der Waals surface area (Å²) in [5.74, 6) is -0.159. The molecule has 0 bridgehead atoms. The number of ether oxygens (including phenoxy) is 1. The normalized spacial score (nSPS) is 12.0. The van der Waals surface area contributed by atoms with Crippen molar-refractivity contribution in [2.24, 2.45) is 5.92 Å². The van der Waals surface area contributed by atoms with Gasteiger partial charge in [-0.3, -0.25) is 13.9 Å². The third kappa shape index (κ3) is 9.11. The van der Waals surface area contributed by atoms with Crippen LogP contribution in [0.5, 0.6) is 5.75 Å². The molecule has 0 aliphatic carbocycles. The van der Waals surface area contributed by atoms with Gasteiger partial charge in [0.25, 0.3) is 10.0 Å². The highest BCUT2D eigenvalue weighted by Gasteiger charge is 2.34. The average Bonchev–Trinajstić information content (AvgIpc) is 3.05. The maximum atomic E-state index is 14.5. The number of anilines is 1. The van der Waals surface area contributed by atoms with Crippen LogP contribution in [0.15, 0.2) is 108 Å². The number of methoxy groups -OCH3 is 1. The second kappa shape index (κ2) is 15.8. The van der Waals surface area contributed by atoms with Crippen LogP contribution in [0.25, 0.3) is 0 Å². The van der Waals surface area contributed by atoms with Crippen LogP contribution in [0.3, 0.4) is 0 Å². The van der Waals surface area contributed by atoms with Crippen LogP contribution < -0.4 is 14.4 Å². The summed E-state index contributed by atoms with van der Waals surface area (Å²) in [6.45, 7) is 5.94. The molecule has 0 aliphatic rings. The third-order valence-electron chi connectivity index (χ3n) is 7.47. The Kier molecular flexibility index (Phi) is 11.8. The van der Waals surface area contributed by atoms with Crippen molar-refractivity contribution < 1.29 is 22.7 Å². The van der Waals surface area contributed by atoms with Gasteiger partial charge in [-0.15, -0.1) is 0 Å². The van der Waals surface area contributed by atoms with Crippen molar-refractivity contribution in [3.8, 4) is 5.75 Å². The SMILES string of the molecule is COc1ccc(S(=O)(=O)N(CC(=O)N(Cc2ccc(C)cc2)C(Cc2ccccc2)C(=O)NCC(C)C)c2ccc(Cl)cc2)cc1. The second-order valence-corrected chi connectivity index (χ2v) is 13.8. The minimum atomic E-state index is -4.24. The first-order valence-electron chi connectivity index (χ1n) is 15.1. The maximum absolute atomic E-state index is 14.5. The molecule has 46 heavy (non-hydrogen) atoms. The zero-order valence-electron chi connectivity index (χ0n) is 26.5. The summed E-state index contributed by atoms with van der Waals surface area (Å²) >= 11 is 6.14. The van der Waals surface area contributed by atoms with Crippen molar-refractivity contribution in [1.82, 2.24) is 10.2 Å². The van der Waals surface area contributed by atoms with E-state index in [1.165, 1.54) is 24.1 Å². The van der Waals surface area contributed by atoms with Crippen LogP contribution in [0, 0.1) is 12.8 Å². The van der Waals surface area contributed by atoms with Crippen molar-refractivity contribution in [2.75, 3.05) is 24.5 Å². The number of rotatable bonds is 14. The molecule has 1 unspecified atom stereocenters. The monoisotopic (exact) mass is 661 g/mol. The van der Waals surface area contributed by atoms with E-state index in [0.717, 1.165) is 21.0 Å². The molecule has 0 fully saturated rings. The van der Waals surface area contributed by atoms with Gasteiger partial charge in [-0.1, -0.05) is 85.6 Å². The van der Waals surface area contributed by atoms with Crippen LogP contribution in [-0.2, 0) is 32.6 Å². The van der Waals surface area contributed by atoms with Crippen molar-refractivity contribution in [3.63, 3.8) is 0 Å². The van der Waals surface area contributed by atoms with Crippen molar-refractivity contribution in [3.05, 3.63) is 125 Å². The number of hydrogen-bond donors (Lipinski definition) is 1. The number of hydrogen-bond acceptors (Lipinski definition) is 5. The summed E-state index contributed by atoms with van der Waals surface area (Å²) in [5.41, 5.74) is 2.99. The largest absolute Gasteiger partial charge is 0.497 e. The molecule has 0 saturated heterocycles. The quantitative estimate of drug-likeness (QED) is 0.172. The van der Waals surface area contributed by atoms with Gasteiger partial charge in [-0.2, -0.15) is 0 Å². The molecule has 0 aromatic heterocycles. The zero-order chi connectivity index (χ0) is 33.3. The lowest BCUT2D eigenvalue weighted by atomic mass is 10.0. The third-order valence-corrected chi connectivity index (χ3v) is 9.51. The smallest absolute Gasteiger partial charge is 0.264 e. The van der Waals surface area contributed by atoms with Crippen molar-refractivity contribution >= 4 is 39.1 Å². The van der Waals surface area contributed by atoms with E-state index < -0.39 is 28.5 Å². The number of nitrogens with zero attached hydrogens (tertiary/aromatic N) is 2. The summed E-state index contributed by atoms with van der Waals surface area (Å²) in [6, 6.07) is 28.5. The maximum Gasteiger partial charge on any atom is 0.264 e. The minimum absolute atomic E-state index is 0.0170. The van der Waals surface area contributed by atoms with Gasteiger partial charge in [0, 0.05) is 24.5 Å². The number of sulfonamides is 1. The molecule has 2 amide bonds. The molecule has 4 rings (SSSR count). The Morgan fingerprint density at radius 3 is 2.07 bits per heavy atom. The van der Waals surface area contributed by atoms with Gasteiger partial charge in [0.2, 0.25) is 11.8 Å². The minimum Gasteiger partial charge on any atom is -0.497 e. The van der Waals surface area contributed by atoms with Gasteiger partial charge < -0.3 is 15.0 Å². The molecule has 242 valence electrons. The number of benzene rings is 4. The van der Waals surface area contributed by atoms with E-state index in [1.54, 1.807) is 36.4 Å². The number of nitrogens with one attached hydrogen (secondary N) is 1. The summed E-state index contributed by atoms with van der Waals surface area (Å²) < 4.78 is 34.6. The van der Waals surface area contributed by atoms with Crippen LogP contribution in [0.2, 0.25) is 5.02 Å². The molecular weight excluding hydrogens is 622 g/mol. The lowest BCUT2D eigenvalue weighted by Crippen LogP contribution is -2.53. The van der Waals surface area contributed by atoms with E-state index in [9.17, 15) is 18.0 Å². The fourth-order valence-corrected chi connectivity index (χ4v) is 6.42. The van der Waals surface area contributed by atoms with Gasteiger partial charge in [0.1, 0.15) is 18.3 Å². The van der Waals surface area contributed by atoms with Gasteiger partial charge in [0.15, 0.2) is 0 Å². The lowest BCUT2D eigenvalue weighted by molar-refractivity contribution is -0.140. The summed E-state index contributed by atoms with van der Waals surface area (Å²) in [4.78, 5) is 29.8. The molecular formula is C36H40ClN3O5S. The van der Waals surface area contributed by atoms with E-state index >= 15 is 0 Å². The Morgan fingerprint density at radius 1 is 0.848 bits per heavy atom. The highest BCUT2D eigenvalue weighted by Crippen LogP contribution is 2.27. The van der Waals surface area contributed by atoms with E-state index in [-0.39, 0.29) is 35.4 Å². The summed E-state index contributed by atoms with van der Waals surface area (Å²) in [6.07, 6.45) is 0.245. The molecule has 0 heterocycles. The first-order chi connectivity index (χ1) is 22.0. The number of halogens is 1. The predicted molar refractivity (Wildman–Crippen MR) is 182 cm³/mol. The molecule has 0 radical (unpaired) electrons. The first kappa shape index (κ1) is 34.5. The Labute approximate surface area is 277 Å². The topological polar surface area (TPSA) is 96.0 Å². The highest BCUT2D eigenvalue weighted by atomic mass is 35.5. The summed E-state index contributed by atoms with van der Waals surface area (Å²) in [7, 11) is -2.74.